The quantitative estimate of drug-likeness (QED) is 0.195. The Kier molecular flexibility index (Phi) is 8.78. The predicted octanol–water partition coefficient (Wildman–Crippen LogP) is 6.42. The fraction of sp³-hybridized carbons (Fsp3) is 0.138. The first-order valence-corrected chi connectivity index (χ1v) is 14.4. The third kappa shape index (κ3) is 6.04. The van der Waals surface area contributed by atoms with Crippen molar-refractivity contribution in [2.45, 2.75) is 19.6 Å². The maximum absolute atomic E-state index is 13.9. The Hall–Kier alpha value is -2.91. The number of nitriles is 1. The Morgan fingerprint density at radius 2 is 1.76 bits per heavy atom. The van der Waals surface area contributed by atoms with E-state index in [1.165, 1.54) is 6.92 Å². The minimum Gasteiger partial charge on any atom is -0.367 e. The first kappa shape index (κ1) is 28.1. The highest BCUT2D eigenvalue weighted by atomic mass is 127. The molecule has 0 aromatic heterocycles. The van der Waals surface area contributed by atoms with Gasteiger partial charge in [-0.25, -0.2) is 0 Å². The molecule has 1 atom stereocenters. The number of carbonyl (C=O) groups excluding carboxylic acids is 2. The van der Waals surface area contributed by atoms with Gasteiger partial charge >= 0.3 is 0 Å². The van der Waals surface area contributed by atoms with Crippen LogP contribution < -0.4 is 10.6 Å². The number of carbonyl (C=O) groups is 2. The number of thioether (sulfide) groups is 1. The first-order chi connectivity index (χ1) is 18.1. The van der Waals surface area contributed by atoms with Crippen LogP contribution in [0.1, 0.15) is 28.4 Å². The van der Waals surface area contributed by atoms with Crippen LogP contribution in [0, 0.1) is 21.8 Å². The van der Waals surface area contributed by atoms with Gasteiger partial charge in [0.2, 0.25) is 5.91 Å². The number of aryl methyl sites for hydroxylation is 1. The summed E-state index contributed by atoms with van der Waals surface area (Å²) in [4.78, 5) is 26.6. The molecular formula is C29H23BrIN3O3S. The normalized spacial score (nSPS) is 17.1. The number of ketones is 1. The molecule has 0 spiro atoms. The molecule has 0 saturated heterocycles. The largest absolute Gasteiger partial charge is 0.367 e. The molecule has 1 amide bonds. The molecule has 1 heterocycles. The lowest BCUT2D eigenvalue weighted by molar-refractivity contribution is -0.113. The van der Waals surface area contributed by atoms with Gasteiger partial charge in [0.1, 0.15) is 6.07 Å². The summed E-state index contributed by atoms with van der Waals surface area (Å²) in [7, 11) is 0. The van der Waals surface area contributed by atoms with E-state index >= 15 is 0 Å². The van der Waals surface area contributed by atoms with E-state index in [1.807, 2.05) is 55.5 Å². The number of allylic oxidation sites excluding steroid dienone is 2. The Morgan fingerprint density at radius 1 is 1.11 bits per heavy atom. The number of Topliss-reactive ketones (excluding diaryl/α,β-unsaturated/α-hetero) is 1. The van der Waals surface area contributed by atoms with Crippen LogP contribution in [0.25, 0.3) is 5.57 Å². The third-order valence-electron chi connectivity index (χ3n) is 5.92. The standard InChI is InChI=1S/C29H23BrIN3O3S/c1-17-7-3-4-8-20(17)27(36)26-25(21-9-5-6-10-23(21)31)22(15-32)28(34-29(26,2)37)38-16-24(35)33-19-13-11-18(30)12-14-19/h3-14,34,37H,16H2,1-2H3,(H,33,35)/t29-/m0/s1. The van der Waals surface area contributed by atoms with E-state index in [1.54, 1.807) is 24.3 Å². The number of benzene rings is 3. The summed E-state index contributed by atoms with van der Waals surface area (Å²) in [6.45, 7) is 3.32. The van der Waals surface area contributed by atoms with Crippen LogP contribution >= 0.6 is 50.3 Å². The maximum atomic E-state index is 13.9. The molecule has 0 saturated carbocycles. The SMILES string of the molecule is Cc1ccccc1C(=O)C1=C(c2ccccc2I)C(C#N)=C(SCC(=O)Nc2ccc(Br)cc2)N[C@@]1(C)O. The molecule has 1 aliphatic heterocycles. The molecule has 3 N–H and O–H groups in total. The maximum Gasteiger partial charge on any atom is 0.234 e. The molecule has 3 aromatic carbocycles. The molecular weight excluding hydrogens is 677 g/mol. The summed E-state index contributed by atoms with van der Waals surface area (Å²) < 4.78 is 1.71. The van der Waals surface area contributed by atoms with Gasteiger partial charge in [-0.3, -0.25) is 9.59 Å². The highest BCUT2D eigenvalue weighted by molar-refractivity contribution is 14.1. The summed E-state index contributed by atoms with van der Waals surface area (Å²) in [5, 5.41) is 28.1. The minimum atomic E-state index is -1.81. The second-order valence-electron chi connectivity index (χ2n) is 8.73. The molecule has 0 unspecified atom stereocenters. The van der Waals surface area contributed by atoms with Gasteiger partial charge in [-0.1, -0.05) is 70.2 Å². The smallest absolute Gasteiger partial charge is 0.234 e. The fourth-order valence-corrected chi connectivity index (χ4v) is 5.97. The van der Waals surface area contributed by atoms with Crippen molar-refractivity contribution in [2.24, 2.45) is 0 Å². The molecule has 9 heteroatoms. The van der Waals surface area contributed by atoms with Crippen LogP contribution in [0.15, 0.2) is 93.4 Å². The van der Waals surface area contributed by atoms with Crippen LogP contribution in [0.5, 0.6) is 0 Å². The minimum absolute atomic E-state index is 0.0140. The number of hydrogen-bond acceptors (Lipinski definition) is 6. The number of nitrogens with one attached hydrogen (secondary N) is 2. The number of amides is 1. The van der Waals surface area contributed by atoms with Crippen molar-refractivity contribution >= 4 is 73.2 Å². The van der Waals surface area contributed by atoms with E-state index < -0.39 is 5.72 Å². The first-order valence-electron chi connectivity index (χ1n) is 11.6. The molecule has 0 aliphatic carbocycles. The Balaban J connectivity index is 1.79. The summed E-state index contributed by atoms with van der Waals surface area (Å²) >= 11 is 6.62. The highest BCUT2D eigenvalue weighted by Gasteiger charge is 2.42. The van der Waals surface area contributed by atoms with E-state index in [2.05, 4.69) is 55.2 Å². The van der Waals surface area contributed by atoms with Crippen molar-refractivity contribution in [3.8, 4) is 6.07 Å². The lowest BCUT2D eigenvalue weighted by Crippen LogP contribution is -2.48. The van der Waals surface area contributed by atoms with Crippen molar-refractivity contribution < 1.29 is 14.7 Å². The molecule has 0 fully saturated rings. The Morgan fingerprint density at radius 3 is 2.42 bits per heavy atom. The van der Waals surface area contributed by atoms with Gasteiger partial charge in [0, 0.05) is 24.9 Å². The molecule has 3 aromatic rings. The lowest BCUT2D eigenvalue weighted by Gasteiger charge is -2.36. The van der Waals surface area contributed by atoms with E-state index in [-0.39, 0.29) is 28.6 Å². The number of anilines is 1. The zero-order valence-electron chi connectivity index (χ0n) is 20.5. The van der Waals surface area contributed by atoms with Crippen LogP contribution in [-0.4, -0.2) is 28.3 Å². The van der Waals surface area contributed by atoms with Crippen LogP contribution in [0.2, 0.25) is 0 Å². The second kappa shape index (κ2) is 11.9. The summed E-state index contributed by atoms with van der Waals surface area (Å²) in [5.41, 5.74) is 1.31. The molecule has 4 rings (SSSR count). The molecule has 1 aliphatic rings. The van der Waals surface area contributed by atoms with Gasteiger partial charge in [-0.15, -0.1) is 0 Å². The monoisotopic (exact) mass is 699 g/mol. The van der Waals surface area contributed by atoms with Gasteiger partial charge in [0.15, 0.2) is 11.5 Å². The van der Waals surface area contributed by atoms with Crippen molar-refractivity contribution in [3.63, 3.8) is 0 Å². The number of nitrogens with zero attached hydrogens (tertiary/aromatic N) is 1. The van der Waals surface area contributed by atoms with Crippen LogP contribution in [0.3, 0.4) is 0 Å². The lowest BCUT2D eigenvalue weighted by atomic mass is 9.82. The van der Waals surface area contributed by atoms with Gasteiger partial charge in [0.25, 0.3) is 0 Å². The molecule has 6 nitrogen and oxygen atoms in total. The van der Waals surface area contributed by atoms with Gasteiger partial charge in [-0.05, 0) is 77.9 Å². The molecule has 192 valence electrons. The molecule has 0 radical (unpaired) electrons. The van der Waals surface area contributed by atoms with Crippen molar-refractivity contribution in [1.29, 1.82) is 5.26 Å². The highest BCUT2D eigenvalue weighted by Crippen LogP contribution is 2.42. The Labute approximate surface area is 247 Å². The predicted molar refractivity (Wildman–Crippen MR) is 163 cm³/mol. The molecule has 38 heavy (non-hydrogen) atoms. The summed E-state index contributed by atoms with van der Waals surface area (Å²) in [5.74, 6) is -0.662. The number of aliphatic hydroxyl groups is 1. The van der Waals surface area contributed by atoms with Crippen LogP contribution in [0.4, 0.5) is 5.69 Å². The van der Waals surface area contributed by atoms with E-state index in [4.69, 9.17) is 0 Å². The third-order valence-corrected chi connectivity index (χ3v) is 8.39. The average Bonchev–Trinajstić information content (AvgIpc) is 2.88. The van der Waals surface area contributed by atoms with Gasteiger partial charge < -0.3 is 15.7 Å². The number of dihydropyridines is 1. The Bertz CT molecular complexity index is 1520. The molecule has 0 bridgehead atoms. The van der Waals surface area contributed by atoms with E-state index in [9.17, 15) is 20.0 Å². The second-order valence-corrected chi connectivity index (χ2v) is 11.8. The van der Waals surface area contributed by atoms with Crippen molar-refractivity contribution in [1.82, 2.24) is 5.32 Å². The zero-order chi connectivity index (χ0) is 27.4. The zero-order valence-corrected chi connectivity index (χ0v) is 25.1. The van der Waals surface area contributed by atoms with E-state index in [0.717, 1.165) is 25.4 Å². The average molecular weight is 700 g/mol. The van der Waals surface area contributed by atoms with Crippen molar-refractivity contribution in [3.05, 3.63) is 114 Å². The van der Waals surface area contributed by atoms with Gasteiger partial charge in [-0.2, -0.15) is 5.26 Å². The summed E-state index contributed by atoms with van der Waals surface area (Å²) in [6.07, 6.45) is 0. The van der Waals surface area contributed by atoms with Crippen LogP contribution in [-0.2, 0) is 4.79 Å². The topological polar surface area (TPSA) is 102 Å². The fourth-order valence-electron chi connectivity index (χ4n) is 4.14. The van der Waals surface area contributed by atoms with E-state index in [0.29, 0.717) is 27.4 Å². The summed E-state index contributed by atoms with van der Waals surface area (Å²) in [6, 6.07) is 24.0. The van der Waals surface area contributed by atoms with Crippen molar-refractivity contribution in [2.75, 3.05) is 11.1 Å². The van der Waals surface area contributed by atoms with Gasteiger partial charge in [0.05, 0.1) is 21.9 Å². The number of hydrogen-bond donors (Lipinski definition) is 3. The number of halogens is 2. The number of rotatable bonds is 7.